The molecule has 0 saturated carbocycles. The maximum Gasteiger partial charge on any atom is 0.344 e. The van der Waals surface area contributed by atoms with Crippen LogP contribution in [0.4, 0.5) is 0 Å². The van der Waals surface area contributed by atoms with E-state index in [1.165, 1.54) is 0 Å². The van der Waals surface area contributed by atoms with Crippen molar-refractivity contribution in [2.75, 3.05) is 6.61 Å². The average molecular weight is 249 g/mol. The van der Waals surface area contributed by atoms with Crippen molar-refractivity contribution in [3.05, 3.63) is 23.2 Å². The molecule has 0 spiro atoms. The average Bonchev–Trinajstić information content (AvgIpc) is 2.82. The van der Waals surface area contributed by atoms with Crippen LogP contribution < -0.4 is 0 Å². The zero-order chi connectivity index (χ0) is 13.3. The van der Waals surface area contributed by atoms with Gasteiger partial charge in [0, 0.05) is 18.8 Å². The molecule has 0 N–H and O–H groups in total. The number of aryl methyl sites for hydroxylation is 3. The number of rotatable bonds is 3. The Kier molecular flexibility index (Phi) is 3.18. The Morgan fingerprint density at radius 3 is 2.78 bits per heavy atom. The lowest BCUT2D eigenvalue weighted by molar-refractivity contribution is 0.0525. The van der Waals surface area contributed by atoms with E-state index in [4.69, 9.17) is 9.26 Å². The number of aromatic nitrogens is 3. The van der Waals surface area contributed by atoms with Crippen molar-refractivity contribution in [2.24, 2.45) is 7.05 Å². The molecule has 2 rings (SSSR count). The first-order valence-electron chi connectivity index (χ1n) is 5.68. The number of ether oxygens (including phenoxy) is 1. The molecule has 0 fully saturated rings. The van der Waals surface area contributed by atoms with Crippen molar-refractivity contribution in [3.63, 3.8) is 0 Å². The Labute approximate surface area is 105 Å². The van der Waals surface area contributed by atoms with E-state index in [0.717, 1.165) is 11.3 Å². The fourth-order valence-electron chi connectivity index (χ4n) is 1.83. The summed E-state index contributed by atoms with van der Waals surface area (Å²) in [4.78, 5) is 11.9. The Morgan fingerprint density at radius 2 is 2.22 bits per heavy atom. The summed E-state index contributed by atoms with van der Waals surface area (Å²) in [7, 11) is 1.81. The molecule has 0 unspecified atom stereocenters. The molecule has 0 bridgehead atoms. The standard InChI is InChI=1S/C12H15N3O3/c1-5-17-12(16)10-8(3)18-14-11(10)9-6-15(4)13-7(9)2/h6H,5H2,1-4H3. The highest BCUT2D eigenvalue weighted by Crippen LogP contribution is 2.27. The highest BCUT2D eigenvalue weighted by Gasteiger charge is 2.24. The third-order valence-corrected chi connectivity index (χ3v) is 2.61. The molecule has 0 aliphatic heterocycles. The van der Waals surface area contributed by atoms with Gasteiger partial charge < -0.3 is 9.26 Å². The van der Waals surface area contributed by atoms with E-state index >= 15 is 0 Å². The van der Waals surface area contributed by atoms with Gasteiger partial charge in [-0.3, -0.25) is 4.68 Å². The molecule has 2 aromatic heterocycles. The van der Waals surface area contributed by atoms with Gasteiger partial charge in [0.2, 0.25) is 0 Å². The molecule has 2 aromatic rings. The Bertz CT molecular complexity index is 583. The highest BCUT2D eigenvalue weighted by atomic mass is 16.5. The lowest BCUT2D eigenvalue weighted by Crippen LogP contribution is -2.06. The third-order valence-electron chi connectivity index (χ3n) is 2.61. The second-order valence-electron chi connectivity index (χ2n) is 3.98. The molecule has 0 aliphatic rings. The van der Waals surface area contributed by atoms with E-state index in [2.05, 4.69) is 10.3 Å². The quantitative estimate of drug-likeness (QED) is 0.776. The molecule has 2 heterocycles. The van der Waals surface area contributed by atoms with Crippen LogP contribution in [0.2, 0.25) is 0 Å². The van der Waals surface area contributed by atoms with Gasteiger partial charge in [0.1, 0.15) is 17.0 Å². The number of carbonyl (C=O) groups excluding carboxylic acids is 1. The van der Waals surface area contributed by atoms with E-state index in [1.807, 2.05) is 14.0 Å². The Balaban J connectivity index is 2.52. The lowest BCUT2D eigenvalue weighted by atomic mass is 10.1. The Morgan fingerprint density at radius 1 is 1.50 bits per heavy atom. The van der Waals surface area contributed by atoms with Crippen LogP contribution in [0.25, 0.3) is 11.3 Å². The first kappa shape index (κ1) is 12.3. The number of esters is 1. The Hall–Kier alpha value is -2.11. The molecule has 0 radical (unpaired) electrons. The molecule has 6 heteroatoms. The monoisotopic (exact) mass is 249 g/mol. The zero-order valence-electron chi connectivity index (χ0n) is 10.9. The van der Waals surface area contributed by atoms with E-state index in [-0.39, 0.29) is 0 Å². The summed E-state index contributed by atoms with van der Waals surface area (Å²) in [6.45, 7) is 5.62. The first-order chi connectivity index (χ1) is 8.54. The molecule has 96 valence electrons. The van der Waals surface area contributed by atoms with Crippen molar-refractivity contribution >= 4 is 5.97 Å². The molecule has 0 amide bonds. The molecular weight excluding hydrogens is 234 g/mol. The summed E-state index contributed by atoms with van der Waals surface area (Å²) in [5.74, 6) is 0.0289. The van der Waals surface area contributed by atoms with Crippen LogP contribution in [0.1, 0.15) is 28.7 Å². The molecule has 0 atom stereocenters. The van der Waals surface area contributed by atoms with Crippen molar-refractivity contribution in [3.8, 4) is 11.3 Å². The normalized spacial score (nSPS) is 10.7. The predicted molar refractivity (Wildman–Crippen MR) is 64.1 cm³/mol. The first-order valence-corrected chi connectivity index (χ1v) is 5.68. The fourth-order valence-corrected chi connectivity index (χ4v) is 1.83. The van der Waals surface area contributed by atoms with Gasteiger partial charge in [0.05, 0.1) is 12.3 Å². The van der Waals surface area contributed by atoms with Gasteiger partial charge >= 0.3 is 5.97 Å². The van der Waals surface area contributed by atoms with Crippen molar-refractivity contribution in [2.45, 2.75) is 20.8 Å². The molecule has 0 aliphatic carbocycles. The summed E-state index contributed by atoms with van der Waals surface area (Å²) in [6.07, 6.45) is 1.80. The van der Waals surface area contributed by atoms with Crippen LogP contribution in [0.5, 0.6) is 0 Å². The smallest absolute Gasteiger partial charge is 0.344 e. The van der Waals surface area contributed by atoms with E-state index in [0.29, 0.717) is 23.6 Å². The molecule has 18 heavy (non-hydrogen) atoms. The van der Waals surface area contributed by atoms with Crippen molar-refractivity contribution < 1.29 is 14.1 Å². The summed E-state index contributed by atoms with van der Waals surface area (Å²) in [6, 6.07) is 0. The molecule has 6 nitrogen and oxygen atoms in total. The van der Waals surface area contributed by atoms with Crippen LogP contribution in [0, 0.1) is 13.8 Å². The van der Waals surface area contributed by atoms with Gasteiger partial charge in [-0.25, -0.2) is 4.79 Å². The van der Waals surface area contributed by atoms with Gasteiger partial charge in [-0.05, 0) is 20.8 Å². The van der Waals surface area contributed by atoms with E-state index in [1.54, 1.807) is 24.7 Å². The van der Waals surface area contributed by atoms with Crippen LogP contribution in [-0.2, 0) is 11.8 Å². The van der Waals surface area contributed by atoms with E-state index in [9.17, 15) is 4.79 Å². The number of hydrogen-bond acceptors (Lipinski definition) is 5. The topological polar surface area (TPSA) is 70.2 Å². The fraction of sp³-hybridized carbons (Fsp3) is 0.417. The minimum absolute atomic E-state index is 0.314. The van der Waals surface area contributed by atoms with Gasteiger partial charge in [0.15, 0.2) is 0 Å². The van der Waals surface area contributed by atoms with Crippen molar-refractivity contribution in [1.29, 1.82) is 0 Å². The second-order valence-corrected chi connectivity index (χ2v) is 3.98. The number of nitrogens with zero attached hydrogens (tertiary/aromatic N) is 3. The zero-order valence-corrected chi connectivity index (χ0v) is 10.9. The van der Waals surface area contributed by atoms with Gasteiger partial charge in [0.25, 0.3) is 0 Å². The lowest BCUT2D eigenvalue weighted by Gasteiger charge is -2.01. The van der Waals surface area contributed by atoms with Gasteiger partial charge in [-0.15, -0.1) is 0 Å². The highest BCUT2D eigenvalue weighted by molar-refractivity contribution is 5.97. The number of carbonyl (C=O) groups is 1. The van der Waals surface area contributed by atoms with Gasteiger partial charge in [-0.2, -0.15) is 5.10 Å². The van der Waals surface area contributed by atoms with Crippen LogP contribution >= 0.6 is 0 Å². The van der Waals surface area contributed by atoms with Crippen molar-refractivity contribution in [1.82, 2.24) is 14.9 Å². The van der Waals surface area contributed by atoms with E-state index < -0.39 is 5.97 Å². The summed E-state index contributed by atoms with van der Waals surface area (Å²) in [5, 5.41) is 8.16. The molecular formula is C12H15N3O3. The second kappa shape index (κ2) is 4.64. The van der Waals surface area contributed by atoms with Crippen LogP contribution in [0.3, 0.4) is 0 Å². The summed E-state index contributed by atoms with van der Waals surface area (Å²) in [5.41, 5.74) is 2.42. The third kappa shape index (κ3) is 2.01. The summed E-state index contributed by atoms with van der Waals surface area (Å²) >= 11 is 0. The minimum Gasteiger partial charge on any atom is -0.462 e. The van der Waals surface area contributed by atoms with Crippen LogP contribution in [-0.4, -0.2) is 27.5 Å². The minimum atomic E-state index is -0.422. The molecule has 0 aromatic carbocycles. The maximum atomic E-state index is 11.9. The maximum absolute atomic E-state index is 11.9. The predicted octanol–water partition coefficient (Wildman–Crippen LogP) is 1.87. The summed E-state index contributed by atoms with van der Waals surface area (Å²) < 4.78 is 11.8. The molecule has 0 saturated heterocycles. The van der Waals surface area contributed by atoms with Gasteiger partial charge in [-0.1, -0.05) is 5.16 Å². The van der Waals surface area contributed by atoms with Crippen LogP contribution in [0.15, 0.2) is 10.7 Å². The number of hydrogen-bond donors (Lipinski definition) is 0. The largest absolute Gasteiger partial charge is 0.462 e. The SMILES string of the molecule is CCOC(=O)c1c(-c2cn(C)nc2C)noc1C.